The van der Waals surface area contributed by atoms with Gasteiger partial charge in [-0.15, -0.1) is 0 Å². The summed E-state index contributed by atoms with van der Waals surface area (Å²) in [5.74, 6) is -1.18. The molecular weight excluding hydrogens is 305 g/mol. The number of hydrogen-bond donors (Lipinski definition) is 2. The topological polar surface area (TPSA) is 87.7 Å². The highest BCUT2D eigenvalue weighted by molar-refractivity contribution is 5.88. The second kappa shape index (κ2) is 7.57. The Morgan fingerprint density at radius 3 is 2.61 bits per heavy atom. The minimum atomic E-state index is -0.880. The van der Waals surface area contributed by atoms with Crippen molar-refractivity contribution >= 4 is 17.7 Å². The molecule has 0 spiro atoms. The molecule has 7 nitrogen and oxygen atoms in total. The number of benzene rings is 1. The molecule has 0 aliphatic carbocycles. The standard InChI is InChI=1S/C15H18FN3O4/c1-10(23-12-6-4-11(16)5-7-12)15(22)18-17-13(20)9-19-8-2-3-14(19)21/h4-7,10H,2-3,8-9H2,1H3,(H,17,20)(H,18,22)/t10-/m1/s1. The number of carbonyl (C=O) groups excluding carboxylic acids is 3. The first-order valence-electron chi connectivity index (χ1n) is 7.24. The maximum Gasteiger partial charge on any atom is 0.279 e. The van der Waals surface area contributed by atoms with Gasteiger partial charge in [0.25, 0.3) is 11.8 Å². The molecule has 1 aromatic carbocycles. The van der Waals surface area contributed by atoms with Crippen LogP contribution in [0.25, 0.3) is 0 Å². The van der Waals surface area contributed by atoms with Crippen LogP contribution in [-0.2, 0) is 14.4 Å². The van der Waals surface area contributed by atoms with Crippen molar-refractivity contribution < 1.29 is 23.5 Å². The molecule has 0 bridgehead atoms. The molecule has 0 radical (unpaired) electrons. The Labute approximate surface area is 132 Å². The Balaban J connectivity index is 1.73. The molecule has 1 saturated heterocycles. The van der Waals surface area contributed by atoms with E-state index in [-0.39, 0.29) is 12.5 Å². The van der Waals surface area contributed by atoms with Crippen LogP contribution in [0, 0.1) is 5.82 Å². The van der Waals surface area contributed by atoms with E-state index in [0.29, 0.717) is 18.7 Å². The van der Waals surface area contributed by atoms with Gasteiger partial charge in [-0.1, -0.05) is 0 Å². The summed E-state index contributed by atoms with van der Waals surface area (Å²) in [7, 11) is 0. The van der Waals surface area contributed by atoms with E-state index < -0.39 is 23.7 Å². The molecule has 2 rings (SSSR count). The van der Waals surface area contributed by atoms with Crippen molar-refractivity contribution in [1.82, 2.24) is 15.8 Å². The summed E-state index contributed by atoms with van der Waals surface area (Å²) in [5, 5.41) is 0. The minimum absolute atomic E-state index is 0.0699. The molecule has 1 aliphatic heterocycles. The van der Waals surface area contributed by atoms with Crippen molar-refractivity contribution in [1.29, 1.82) is 0 Å². The molecule has 23 heavy (non-hydrogen) atoms. The predicted octanol–water partition coefficient (Wildman–Crippen LogP) is 0.363. The van der Waals surface area contributed by atoms with Gasteiger partial charge in [0.15, 0.2) is 6.10 Å². The summed E-state index contributed by atoms with van der Waals surface area (Å²) in [6, 6.07) is 5.23. The number of hydrogen-bond acceptors (Lipinski definition) is 4. The van der Waals surface area contributed by atoms with Crippen LogP contribution in [0.5, 0.6) is 5.75 Å². The molecule has 0 unspecified atom stereocenters. The summed E-state index contributed by atoms with van der Waals surface area (Å²) < 4.78 is 18.1. The number of halogens is 1. The van der Waals surface area contributed by atoms with Crippen molar-refractivity contribution in [2.75, 3.05) is 13.1 Å². The number of amides is 3. The molecule has 3 amide bonds. The van der Waals surface area contributed by atoms with Gasteiger partial charge in [-0.2, -0.15) is 0 Å². The SMILES string of the molecule is C[C@@H](Oc1ccc(F)cc1)C(=O)NNC(=O)CN1CCCC1=O. The molecule has 124 valence electrons. The molecule has 1 fully saturated rings. The average molecular weight is 323 g/mol. The summed E-state index contributed by atoms with van der Waals surface area (Å²) in [5.41, 5.74) is 4.46. The quantitative estimate of drug-likeness (QED) is 0.766. The second-order valence-electron chi connectivity index (χ2n) is 5.17. The molecule has 1 heterocycles. The number of likely N-dealkylation sites (tertiary alicyclic amines) is 1. The van der Waals surface area contributed by atoms with Crippen LogP contribution in [0.4, 0.5) is 4.39 Å². The van der Waals surface area contributed by atoms with Crippen molar-refractivity contribution in [2.24, 2.45) is 0 Å². The fourth-order valence-corrected chi connectivity index (χ4v) is 2.09. The molecular formula is C15H18FN3O4. The highest BCUT2D eigenvalue weighted by Gasteiger charge is 2.23. The average Bonchev–Trinajstić information content (AvgIpc) is 2.92. The van der Waals surface area contributed by atoms with Crippen molar-refractivity contribution in [3.05, 3.63) is 30.1 Å². The first kappa shape index (κ1) is 16.7. The van der Waals surface area contributed by atoms with Crippen molar-refractivity contribution in [3.8, 4) is 5.75 Å². The highest BCUT2D eigenvalue weighted by Crippen LogP contribution is 2.13. The number of hydrazine groups is 1. The number of carbonyl (C=O) groups is 3. The van der Waals surface area contributed by atoms with Gasteiger partial charge < -0.3 is 9.64 Å². The lowest BCUT2D eigenvalue weighted by Crippen LogP contribution is -2.50. The van der Waals surface area contributed by atoms with Gasteiger partial charge in [-0.3, -0.25) is 25.2 Å². The number of ether oxygens (including phenoxy) is 1. The monoisotopic (exact) mass is 323 g/mol. The number of nitrogens with one attached hydrogen (secondary N) is 2. The van der Waals surface area contributed by atoms with E-state index in [2.05, 4.69) is 10.9 Å². The van der Waals surface area contributed by atoms with Crippen molar-refractivity contribution in [3.63, 3.8) is 0 Å². The minimum Gasteiger partial charge on any atom is -0.481 e. The third-order valence-electron chi connectivity index (χ3n) is 3.33. The molecule has 1 atom stereocenters. The third-order valence-corrected chi connectivity index (χ3v) is 3.33. The Kier molecular flexibility index (Phi) is 5.51. The van der Waals surface area contributed by atoms with E-state index in [1.807, 2.05) is 0 Å². The Hall–Kier alpha value is -2.64. The van der Waals surface area contributed by atoms with Gasteiger partial charge >= 0.3 is 0 Å². The van der Waals surface area contributed by atoms with Crippen LogP contribution in [0.1, 0.15) is 19.8 Å². The highest BCUT2D eigenvalue weighted by atomic mass is 19.1. The van der Waals surface area contributed by atoms with Gasteiger partial charge in [0, 0.05) is 13.0 Å². The largest absolute Gasteiger partial charge is 0.481 e. The van der Waals surface area contributed by atoms with E-state index >= 15 is 0 Å². The summed E-state index contributed by atoms with van der Waals surface area (Å²) >= 11 is 0. The van der Waals surface area contributed by atoms with Gasteiger partial charge in [0.05, 0.1) is 0 Å². The van der Waals surface area contributed by atoms with Crippen LogP contribution < -0.4 is 15.6 Å². The molecule has 0 aromatic heterocycles. The van der Waals surface area contributed by atoms with Crippen LogP contribution in [0.2, 0.25) is 0 Å². The molecule has 8 heteroatoms. The second-order valence-corrected chi connectivity index (χ2v) is 5.17. The first-order valence-corrected chi connectivity index (χ1v) is 7.24. The van der Waals surface area contributed by atoms with Crippen LogP contribution in [0.3, 0.4) is 0 Å². The van der Waals surface area contributed by atoms with E-state index in [4.69, 9.17) is 4.74 Å². The fraction of sp³-hybridized carbons (Fsp3) is 0.400. The normalized spacial score (nSPS) is 15.2. The first-order chi connectivity index (χ1) is 11.0. The van der Waals surface area contributed by atoms with Gasteiger partial charge in [0.1, 0.15) is 18.1 Å². The van der Waals surface area contributed by atoms with Crippen LogP contribution in [-0.4, -0.2) is 41.8 Å². The van der Waals surface area contributed by atoms with E-state index in [9.17, 15) is 18.8 Å². The maximum absolute atomic E-state index is 12.8. The number of nitrogens with zero attached hydrogens (tertiary/aromatic N) is 1. The van der Waals surface area contributed by atoms with Crippen LogP contribution >= 0.6 is 0 Å². The lowest BCUT2D eigenvalue weighted by Gasteiger charge is -2.17. The zero-order chi connectivity index (χ0) is 16.8. The molecule has 2 N–H and O–H groups in total. The Morgan fingerprint density at radius 2 is 2.00 bits per heavy atom. The van der Waals surface area contributed by atoms with Gasteiger partial charge in [-0.25, -0.2) is 4.39 Å². The van der Waals surface area contributed by atoms with Gasteiger partial charge in [0.2, 0.25) is 5.91 Å². The lowest BCUT2D eigenvalue weighted by molar-refractivity contribution is -0.135. The van der Waals surface area contributed by atoms with Gasteiger partial charge in [-0.05, 0) is 37.6 Å². The van der Waals surface area contributed by atoms with Crippen molar-refractivity contribution in [2.45, 2.75) is 25.9 Å². The Bertz CT molecular complexity index is 591. The van der Waals surface area contributed by atoms with E-state index in [1.54, 1.807) is 0 Å². The Morgan fingerprint density at radius 1 is 1.30 bits per heavy atom. The predicted molar refractivity (Wildman–Crippen MR) is 78.6 cm³/mol. The summed E-state index contributed by atoms with van der Waals surface area (Å²) in [6.07, 6.45) is 0.303. The lowest BCUT2D eigenvalue weighted by atomic mass is 10.3. The number of rotatable bonds is 5. The van der Waals surface area contributed by atoms with E-state index in [0.717, 1.165) is 6.42 Å². The smallest absolute Gasteiger partial charge is 0.279 e. The zero-order valence-corrected chi connectivity index (χ0v) is 12.7. The maximum atomic E-state index is 12.8. The summed E-state index contributed by atoms with van der Waals surface area (Å²) in [4.78, 5) is 36.3. The molecule has 1 aliphatic rings. The van der Waals surface area contributed by atoms with E-state index in [1.165, 1.54) is 36.1 Å². The van der Waals surface area contributed by atoms with Crippen LogP contribution in [0.15, 0.2) is 24.3 Å². The third kappa shape index (κ3) is 4.94. The molecule has 0 saturated carbocycles. The molecule has 1 aromatic rings. The fourth-order valence-electron chi connectivity index (χ4n) is 2.09. The summed E-state index contributed by atoms with van der Waals surface area (Å²) in [6.45, 7) is 1.95. The zero-order valence-electron chi connectivity index (χ0n) is 12.7.